The van der Waals surface area contributed by atoms with E-state index in [2.05, 4.69) is 11.1 Å². The Kier molecular flexibility index (Phi) is 8.46. The fourth-order valence-electron chi connectivity index (χ4n) is 3.60. The van der Waals surface area contributed by atoms with E-state index in [0.717, 1.165) is 11.1 Å². The van der Waals surface area contributed by atoms with Gasteiger partial charge in [-0.05, 0) is 72.8 Å². The van der Waals surface area contributed by atoms with Crippen LogP contribution in [0.5, 0.6) is 11.5 Å². The highest BCUT2D eigenvalue weighted by Gasteiger charge is 2.30. The number of ether oxygens (including phenoxy) is 3. The molecule has 0 radical (unpaired) electrons. The van der Waals surface area contributed by atoms with Crippen molar-refractivity contribution in [3.05, 3.63) is 93.9 Å². The summed E-state index contributed by atoms with van der Waals surface area (Å²) in [6.07, 6.45) is 1.77. The molecular formula is C29H25N3O5S. The van der Waals surface area contributed by atoms with E-state index < -0.39 is 5.97 Å². The molecule has 0 aromatic heterocycles. The highest BCUT2D eigenvalue weighted by Crippen LogP contribution is 2.35. The van der Waals surface area contributed by atoms with Gasteiger partial charge < -0.3 is 14.2 Å². The van der Waals surface area contributed by atoms with E-state index in [0.29, 0.717) is 45.0 Å². The van der Waals surface area contributed by atoms with Crippen molar-refractivity contribution in [3.63, 3.8) is 0 Å². The average molecular weight is 528 g/mol. The largest absolute Gasteiger partial charge is 0.493 e. The number of nitrogens with zero attached hydrogens (tertiary/aromatic N) is 3. The SMILES string of the molecule is CCOC(=O)c1ccc(N=C2S/C(=C\c3ccc(OCc4ccccc4C#N)c(OC)c3)C(=O)N2C)cc1. The maximum Gasteiger partial charge on any atom is 0.338 e. The van der Waals surface area contributed by atoms with Gasteiger partial charge in [0.25, 0.3) is 5.91 Å². The number of carbonyl (C=O) groups is 2. The second kappa shape index (κ2) is 12.1. The van der Waals surface area contributed by atoms with Crippen LogP contribution < -0.4 is 9.47 Å². The van der Waals surface area contributed by atoms with Crippen LogP contribution in [0.4, 0.5) is 5.69 Å². The van der Waals surface area contributed by atoms with E-state index in [1.54, 1.807) is 69.6 Å². The second-order valence-electron chi connectivity index (χ2n) is 8.10. The number of likely N-dealkylation sites (N-methyl/N-ethyl adjacent to an activating group) is 1. The highest BCUT2D eigenvalue weighted by molar-refractivity contribution is 8.18. The van der Waals surface area contributed by atoms with E-state index in [4.69, 9.17) is 14.2 Å². The van der Waals surface area contributed by atoms with Crippen LogP contribution in [0.15, 0.2) is 76.6 Å². The van der Waals surface area contributed by atoms with Crippen molar-refractivity contribution < 1.29 is 23.8 Å². The monoisotopic (exact) mass is 527 g/mol. The number of rotatable bonds is 8. The summed E-state index contributed by atoms with van der Waals surface area (Å²) < 4.78 is 16.4. The molecule has 1 amide bonds. The fourth-order valence-corrected chi connectivity index (χ4v) is 4.59. The van der Waals surface area contributed by atoms with E-state index in [-0.39, 0.29) is 12.5 Å². The zero-order valence-electron chi connectivity index (χ0n) is 21.1. The number of aliphatic imine (C=N–C) groups is 1. The normalized spacial score (nSPS) is 15.0. The smallest absolute Gasteiger partial charge is 0.338 e. The number of carbonyl (C=O) groups excluding carboxylic acids is 2. The maximum atomic E-state index is 12.9. The number of benzene rings is 3. The van der Waals surface area contributed by atoms with Gasteiger partial charge in [0.2, 0.25) is 0 Å². The molecule has 1 saturated heterocycles. The Hall–Kier alpha value is -4.55. The molecule has 1 aliphatic rings. The van der Waals surface area contributed by atoms with Gasteiger partial charge in [0.1, 0.15) is 6.61 Å². The summed E-state index contributed by atoms with van der Waals surface area (Å²) in [5.41, 5.74) is 3.15. The topological polar surface area (TPSA) is 101 Å². The van der Waals surface area contributed by atoms with Crippen LogP contribution >= 0.6 is 11.8 Å². The molecule has 0 N–H and O–H groups in total. The lowest BCUT2D eigenvalue weighted by Crippen LogP contribution is -2.23. The Morgan fingerprint density at radius 2 is 1.87 bits per heavy atom. The predicted molar refractivity (Wildman–Crippen MR) is 146 cm³/mol. The van der Waals surface area contributed by atoms with Gasteiger partial charge in [-0.15, -0.1) is 0 Å². The van der Waals surface area contributed by atoms with Gasteiger partial charge in [-0.1, -0.05) is 24.3 Å². The van der Waals surface area contributed by atoms with E-state index in [1.807, 2.05) is 24.3 Å². The minimum Gasteiger partial charge on any atom is -0.493 e. The van der Waals surface area contributed by atoms with Crippen LogP contribution in [0.1, 0.15) is 34.0 Å². The zero-order valence-corrected chi connectivity index (χ0v) is 22.0. The van der Waals surface area contributed by atoms with E-state index in [9.17, 15) is 14.9 Å². The Morgan fingerprint density at radius 3 is 2.58 bits per heavy atom. The number of nitriles is 1. The number of hydrogen-bond acceptors (Lipinski definition) is 8. The summed E-state index contributed by atoms with van der Waals surface area (Å²) in [4.78, 5) is 31.3. The van der Waals surface area contributed by atoms with Crippen LogP contribution in [0.25, 0.3) is 6.08 Å². The lowest BCUT2D eigenvalue weighted by Gasteiger charge is -2.12. The molecule has 9 heteroatoms. The van der Waals surface area contributed by atoms with Crippen LogP contribution in [-0.2, 0) is 16.1 Å². The number of thioether (sulfide) groups is 1. The molecule has 0 aliphatic carbocycles. The number of methoxy groups -OCH3 is 1. The minimum atomic E-state index is -0.390. The van der Waals surface area contributed by atoms with Gasteiger partial charge in [0, 0.05) is 12.6 Å². The molecule has 1 aliphatic heterocycles. The molecule has 38 heavy (non-hydrogen) atoms. The van der Waals surface area contributed by atoms with Crippen molar-refractivity contribution in [1.82, 2.24) is 4.90 Å². The third-order valence-corrected chi connectivity index (χ3v) is 6.67. The van der Waals surface area contributed by atoms with Crippen LogP contribution in [0.3, 0.4) is 0 Å². The Labute approximate surface area is 225 Å². The first-order valence-electron chi connectivity index (χ1n) is 11.8. The van der Waals surface area contributed by atoms with Crippen molar-refractivity contribution in [1.29, 1.82) is 5.26 Å². The molecule has 0 atom stereocenters. The predicted octanol–water partition coefficient (Wildman–Crippen LogP) is 5.56. The lowest BCUT2D eigenvalue weighted by atomic mass is 10.1. The molecule has 0 bridgehead atoms. The highest BCUT2D eigenvalue weighted by atomic mass is 32.2. The summed E-state index contributed by atoms with van der Waals surface area (Å²) in [6, 6.07) is 21.5. The Balaban J connectivity index is 1.49. The Bertz CT molecular complexity index is 1460. The Morgan fingerprint density at radius 1 is 1.11 bits per heavy atom. The van der Waals surface area contributed by atoms with Gasteiger partial charge in [-0.2, -0.15) is 5.26 Å². The van der Waals surface area contributed by atoms with Gasteiger partial charge in [-0.3, -0.25) is 9.69 Å². The number of hydrogen-bond donors (Lipinski definition) is 0. The van der Waals surface area contributed by atoms with Gasteiger partial charge in [-0.25, -0.2) is 9.79 Å². The summed E-state index contributed by atoms with van der Waals surface area (Å²) in [7, 11) is 3.21. The third-order valence-electron chi connectivity index (χ3n) is 5.61. The summed E-state index contributed by atoms with van der Waals surface area (Å²) in [5.74, 6) is 0.467. The fraction of sp³-hybridized carbons (Fsp3) is 0.172. The third kappa shape index (κ3) is 6.05. The molecule has 3 aromatic rings. The molecule has 1 fully saturated rings. The average Bonchev–Trinajstić information content (AvgIpc) is 3.20. The summed E-state index contributed by atoms with van der Waals surface area (Å²) >= 11 is 1.26. The standard InChI is InChI=1S/C29H25N3O5S/c1-4-36-28(34)20-10-12-23(13-11-20)31-29-32(2)27(33)26(38-29)16-19-9-14-24(25(15-19)35-3)37-18-22-8-6-5-7-21(22)17-30/h5-16H,4,18H2,1-3H3/b26-16-,31-29?. The molecule has 8 nitrogen and oxygen atoms in total. The molecule has 0 spiro atoms. The molecule has 3 aromatic carbocycles. The van der Waals surface area contributed by atoms with Gasteiger partial charge in [0.05, 0.1) is 41.5 Å². The van der Waals surface area contributed by atoms with Crippen LogP contribution in [0, 0.1) is 11.3 Å². The molecule has 4 rings (SSSR count). The minimum absolute atomic E-state index is 0.177. The lowest BCUT2D eigenvalue weighted by molar-refractivity contribution is -0.121. The van der Waals surface area contributed by atoms with E-state index >= 15 is 0 Å². The maximum absolute atomic E-state index is 12.9. The van der Waals surface area contributed by atoms with Crippen molar-refractivity contribution in [2.45, 2.75) is 13.5 Å². The summed E-state index contributed by atoms with van der Waals surface area (Å²) in [5, 5.41) is 9.81. The van der Waals surface area contributed by atoms with Crippen molar-refractivity contribution in [2.24, 2.45) is 4.99 Å². The second-order valence-corrected chi connectivity index (χ2v) is 9.11. The van der Waals surface area contributed by atoms with Crippen molar-refractivity contribution in [3.8, 4) is 17.6 Å². The van der Waals surface area contributed by atoms with Gasteiger partial charge >= 0.3 is 5.97 Å². The zero-order chi connectivity index (χ0) is 27.1. The molecular weight excluding hydrogens is 502 g/mol. The molecule has 192 valence electrons. The molecule has 0 saturated carbocycles. The van der Waals surface area contributed by atoms with Crippen molar-refractivity contribution >= 4 is 40.6 Å². The quantitative estimate of drug-likeness (QED) is 0.279. The first kappa shape index (κ1) is 26.5. The number of amidine groups is 1. The van der Waals surface area contributed by atoms with E-state index in [1.165, 1.54) is 16.7 Å². The number of esters is 1. The first-order chi connectivity index (χ1) is 18.4. The first-order valence-corrected chi connectivity index (χ1v) is 12.6. The van der Waals surface area contributed by atoms with Gasteiger partial charge in [0.15, 0.2) is 16.7 Å². The van der Waals surface area contributed by atoms with Crippen LogP contribution in [0.2, 0.25) is 0 Å². The number of amides is 1. The summed E-state index contributed by atoms with van der Waals surface area (Å²) in [6.45, 7) is 2.28. The molecule has 0 unspecified atom stereocenters. The van der Waals surface area contributed by atoms with Crippen molar-refractivity contribution in [2.75, 3.05) is 20.8 Å². The molecule has 1 heterocycles. The van der Waals surface area contributed by atoms with Crippen LogP contribution in [-0.4, -0.2) is 42.7 Å².